The second-order valence-electron chi connectivity index (χ2n) is 8.22. The monoisotopic (exact) mass is 427 g/mol. The number of nitrogens with zero attached hydrogens (tertiary/aromatic N) is 3. The number of likely N-dealkylation sites (tertiary alicyclic amines) is 1. The van der Waals surface area contributed by atoms with Crippen LogP contribution in [0.4, 0.5) is 10.6 Å². The Morgan fingerprint density at radius 3 is 2.67 bits per heavy atom. The molecule has 30 heavy (non-hydrogen) atoms. The number of urea groups is 1. The van der Waals surface area contributed by atoms with Crippen molar-refractivity contribution in [3.05, 3.63) is 48.3 Å². The number of fused-ring (bicyclic) bond motifs is 1. The van der Waals surface area contributed by atoms with Crippen LogP contribution < -0.4 is 5.32 Å². The average molecular weight is 428 g/mol. The molecule has 158 valence electrons. The predicted molar refractivity (Wildman–Crippen MR) is 115 cm³/mol. The Morgan fingerprint density at radius 2 is 1.93 bits per heavy atom. The summed E-state index contributed by atoms with van der Waals surface area (Å²) < 4.78 is 25.2. The number of carbonyl (C=O) groups excluding carboxylic acids is 1. The van der Waals surface area contributed by atoms with Gasteiger partial charge >= 0.3 is 6.03 Å². The zero-order chi connectivity index (χ0) is 20.7. The van der Waals surface area contributed by atoms with Crippen LogP contribution in [0, 0.1) is 0 Å². The number of aromatic amines is 1. The predicted octanol–water partition coefficient (Wildman–Crippen LogP) is 3.14. The van der Waals surface area contributed by atoms with E-state index < -0.39 is 9.84 Å². The van der Waals surface area contributed by atoms with Crippen LogP contribution in [0.2, 0.25) is 0 Å². The van der Waals surface area contributed by atoms with Crippen molar-refractivity contribution in [2.24, 2.45) is 0 Å². The Balaban J connectivity index is 1.21. The molecule has 2 aromatic heterocycles. The zero-order valence-electron chi connectivity index (χ0n) is 16.6. The van der Waals surface area contributed by atoms with Gasteiger partial charge in [-0.25, -0.2) is 17.9 Å². The summed E-state index contributed by atoms with van der Waals surface area (Å²) in [6.45, 7) is 1.36. The van der Waals surface area contributed by atoms with E-state index in [-0.39, 0.29) is 23.6 Å². The van der Waals surface area contributed by atoms with E-state index in [1.54, 1.807) is 16.9 Å². The van der Waals surface area contributed by atoms with Crippen LogP contribution in [0.3, 0.4) is 0 Å². The summed E-state index contributed by atoms with van der Waals surface area (Å²) in [5.74, 6) is 1.22. The molecule has 2 N–H and O–H groups in total. The normalized spacial score (nSPS) is 21.9. The van der Waals surface area contributed by atoms with Crippen LogP contribution in [0.1, 0.15) is 36.9 Å². The standard InChI is InChI=1S/C21H25N5O3S/c27-21(24-20-5-9-22-26(20)17-8-12-30(28,29)14-17)25-10-6-15(7-11-25)19-13-16-3-1-2-4-18(16)23-19/h1-5,9,13,15,17,23H,6-8,10-12,14H2,(H,24,27). The molecular formula is C21H25N5O3S. The maximum Gasteiger partial charge on any atom is 0.322 e. The molecule has 1 aromatic carbocycles. The van der Waals surface area contributed by atoms with Gasteiger partial charge in [-0.3, -0.25) is 5.32 Å². The van der Waals surface area contributed by atoms with E-state index in [2.05, 4.69) is 33.6 Å². The lowest BCUT2D eigenvalue weighted by Gasteiger charge is -2.31. The van der Waals surface area contributed by atoms with Crippen molar-refractivity contribution in [1.82, 2.24) is 19.7 Å². The van der Waals surface area contributed by atoms with Gasteiger partial charge < -0.3 is 9.88 Å². The first-order valence-corrected chi connectivity index (χ1v) is 12.2. The fraction of sp³-hybridized carbons (Fsp3) is 0.429. The second-order valence-corrected chi connectivity index (χ2v) is 10.5. The van der Waals surface area contributed by atoms with Crippen molar-refractivity contribution in [2.45, 2.75) is 31.2 Å². The first kappa shape index (κ1) is 19.2. The largest absolute Gasteiger partial charge is 0.358 e. The Kier molecular flexibility index (Phi) is 4.77. The molecule has 3 aromatic rings. The molecule has 2 fully saturated rings. The Labute approximate surface area is 175 Å². The molecule has 1 unspecified atom stereocenters. The minimum Gasteiger partial charge on any atom is -0.358 e. The lowest BCUT2D eigenvalue weighted by Crippen LogP contribution is -2.41. The zero-order valence-corrected chi connectivity index (χ0v) is 17.4. The molecule has 0 radical (unpaired) electrons. The number of sulfone groups is 1. The number of hydrogen-bond acceptors (Lipinski definition) is 4. The highest BCUT2D eigenvalue weighted by Crippen LogP contribution is 2.30. The molecule has 2 aliphatic rings. The SMILES string of the molecule is O=C(Nc1ccnn1C1CCS(=O)(=O)C1)N1CCC(c2cc3ccccc3[nH]2)CC1. The topological polar surface area (TPSA) is 100 Å². The minimum absolute atomic E-state index is 0.0768. The lowest BCUT2D eigenvalue weighted by molar-refractivity contribution is 0.194. The molecule has 2 aliphatic heterocycles. The highest BCUT2D eigenvalue weighted by atomic mass is 32.2. The van der Waals surface area contributed by atoms with Crippen LogP contribution in [0.5, 0.6) is 0 Å². The van der Waals surface area contributed by atoms with Gasteiger partial charge in [0.1, 0.15) is 5.82 Å². The molecule has 2 saturated heterocycles. The highest BCUT2D eigenvalue weighted by Gasteiger charge is 2.31. The van der Waals surface area contributed by atoms with Crippen LogP contribution in [-0.2, 0) is 9.84 Å². The Bertz CT molecular complexity index is 1140. The van der Waals surface area contributed by atoms with E-state index in [0.717, 1.165) is 18.4 Å². The second kappa shape index (κ2) is 7.46. The molecule has 0 aliphatic carbocycles. The lowest BCUT2D eigenvalue weighted by atomic mass is 9.94. The van der Waals surface area contributed by atoms with E-state index in [1.807, 2.05) is 17.0 Å². The third-order valence-electron chi connectivity index (χ3n) is 6.23. The van der Waals surface area contributed by atoms with Gasteiger partial charge in [-0.1, -0.05) is 18.2 Å². The number of carbonyl (C=O) groups is 1. The fourth-order valence-electron chi connectivity index (χ4n) is 4.57. The maximum atomic E-state index is 12.8. The molecular weight excluding hydrogens is 402 g/mol. The van der Waals surface area contributed by atoms with Gasteiger partial charge in [-0.05, 0) is 36.8 Å². The summed E-state index contributed by atoms with van der Waals surface area (Å²) in [4.78, 5) is 18.1. The Morgan fingerprint density at radius 1 is 1.13 bits per heavy atom. The number of hydrogen-bond donors (Lipinski definition) is 2. The van der Waals surface area contributed by atoms with E-state index >= 15 is 0 Å². The number of amides is 2. The number of piperidine rings is 1. The summed E-state index contributed by atoms with van der Waals surface area (Å²) in [6, 6.07) is 11.8. The van der Waals surface area contributed by atoms with Gasteiger partial charge in [-0.2, -0.15) is 5.10 Å². The van der Waals surface area contributed by atoms with Gasteiger partial charge in [0.05, 0.1) is 23.7 Å². The maximum absolute atomic E-state index is 12.8. The van der Waals surface area contributed by atoms with Crippen molar-refractivity contribution in [3.8, 4) is 0 Å². The summed E-state index contributed by atoms with van der Waals surface area (Å²) in [5, 5.41) is 8.39. The number of H-pyrrole nitrogens is 1. The third kappa shape index (κ3) is 3.69. The molecule has 2 amide bonds. The van der Waals surface area contributed by atoms with Crippen LogP contribution in [0.25, 0.3) is 10.9 Å². The van der Waals surface area contributed by atoms with Gasteiger partial charge in [-0.15, -0.1) is 0 Å². The summed E-state index contributed by atoms with van der Waals surface area (Å²) in [7, 11) is -3.02. The van der Waals surface area contributed by atoms with Gasteiger partial charge in [0.25, 0.3) is 0 Å². The van der Waals surface area contributed by atoms with Crippen molar-refractivity contribution < 1.29 is 13.2 Å². The van der Waals surface area contributed by atoms with Gasteiger partial charge in [0.15, 0.2) is 9.84 Å². The summed E-state index contributed by atoms with van der Waals surface area (Å²) >= 11 is 0. The van der Waals surface area contributed by atoms with Crippen molar-refractivity contribution in [3.63, 3.8) is 0 Å². The first-order valence-electron chi connectivity index (χ1n) is 10.4. The quantitative estimate of drug-likeness (QED) is 0.671. The number of aromatic nitrogens is 3. The fourth-order valence-corrected chi connectivity index (χ4v) is 6.26. The molecule has 1 atom stereocenters. The number of nitrogens with one attached hydrogen (secondary N) is 2. The van der Waals surface area contributed by atoms with E-state index in [9.17, 15) is 13.2 Å². The number of rotatable bonds is 3. The Hall–Kier alpha value is -2.81. The van der Waals surface area contributed by atoms with E-state index in [1.165, 1.54) is 11.1 Å². The van der Waals surface area contributed by atoms with Crippen LogP contribution in [0.15, 0.2) is 42.6 Å². The summed E-state index contributed by atoms with van der Waals surface area (Å²) in [6.07, 6.45) is 3.94. The van der Waals surface area contributed by atoms with Crippen molar-refractivity contribution >= 4 is 32.6 Å². The average Bonchev–Trinajstić information content (AvgIpc) is 3.45. The molecule has 0 saturated carbocycles. The molecule has 9 heteroatoms. The highest BCUT2D eigenvalue weighted by molar-refractivity contribution is 7.91. The molecule has 0 bridgehead atoms. The van der Waals surface area contributed by atoms with Crippen molar-refractivity contribution in [2.75, 3.05) is 29.9 Å². The van der Waals surface area contributed by atoms with Crippen LogP contribution >= 0.6 is 0 Å². The van der Waals surface area contributed by atoms with Crippen molar-refractivity contribution in [1.29, 1.82) is 0 Å². The molecule has 8 nitrogen and oxygen atoms in total. The van der Waals surface area contributed by atoms with E-state index in [0.29, 0.717) is 31.2 Å². The number of benzene rings is 1. The van der Waals surface area contributed by atoms with Gasteiger partial charge in [0.2, 0.25) is 0 Å². The molecule has 5 rings (SSSR count). The first-order chi connectivity index (χ1) is 14.5. The third-order valence-corrected chi connectivity index (χ3v) is 7.98. The number of anilines is 1. The smallest absolute Gasteiger partial charge is 0.322 e. The number of para-hydroxylation sites is 1. The molecule has 4 heterocycles. The van der Waals surface area contributed by atoms with Crippen LogP contribution in [-0.4, -0.2) is 58.7 Å². The summed E-state index contributed by atoms with van der Waals surface area (Å²) in [5.41, 5.74) is 2.38. The minimum atomic E-state index is -3.02. The molecule has 0 spiro atoms. The van der Waals surface area contributed by atoms with Gasteiger partial charge in [0, 0.05) is 36.3 Å². The van der Waals surface area contributed by atoms with E-state index in [4.69, 9.17) is 0 Å².